The molecule has 0 radical (unpaired) electrons. The first-order valence-corrected chi connectivity index (χ1v) is 4.06. The monoisotopic (exact) mass is 186 g/mol. The Labute approximate surface area is 72.5 Å². The summed E-state index contributed by atoms with van der Waals surface area (Å²) in [5.41, 5.74) is 0. The van der Waals surface area contributed by atoms with Crippen molar-refractivity contribution >= 4 is 22.9 Å². The molecule has 0 saturated carbocycles. The van der Waals surface area contributed by atoms with Crippen molar-refractivity contribution in [2.45, 2.75) is 0 Å². The molecule has 0 aromatic carbocycles. The van der Waals surface area contributed by atoms with Crippen LogP contribution in [0.5, 0.6) is 0 Å². The lowest BCUT2D eigenvalue weighted by atomic mass is 10.7. The zero-order valence-corrected chi connectivity index (χ0v) is 6.84. The number of nitrogens with one attached hydrogen (secondary N) is 1. The van der Waals surface area contributed by atoms with Gasteiger partial charge in [0.15, 0.2) is 6.39 Å². The van der Waals surface area contributed by atoms with Crippen LogP contribution >= 0.6 is 11.8 Å². The van der Waals surface area contributed by atoms with E-state index in [1.807, 2.05) is 0 Å². The third-order valence-electron chi connectivity index (χ3n) is 0.923. The Hall–Kier alpha value is -1.30. The van der Waals surface area contributed by atoms with Crippen molar-refractivity contribution in [3.05, 3.63) is 18.9 Å². The van der Waals surface area contributed by atoms with Crippen LogP contribution in [0.1, 0.15) is 0 Å². The Kier molecular flexibility index (Phi) is 3.34. The summed E-state index contributed by atoms with van der Waals surface area (Å²) in [6, 6.07) is 0. The Balaban J connectivity index is 0.000000127. The van der Waals surface area contributed by atoms with Crippen LogP contribution in [0.2, 0.25) is 0 Å². The lowest BCUT2D eigenvalue weighted by Crippen LogP contribution is -2.18. The van der Waals surface area contributed by atoms with Gasteiger partial charge < -0.3 is 4.42 Å². The van der Waals surface area contributed by atoms with Crippen LogP contribution in [-0.2, 0) is 4.79 Å². The van der Waals surface area contributed by atoms with Crippen LogP contribution in [0, 0.1) is 0 Å². The highest BCUT2D eigenvalue weighted by molar-refractivity contribution is 8.14. The van der Waals surface area contributed by atoms with Gasteiger partial charge in [-0.1, -0.05) is 11.8 Å². The van der Waals surface area contributed by atoms with Gasteiger partial charge in [0.2, 0.25) is 5.91 Å². The number of carbonyl (C=O) groups is 2. The predicted molar refractivity (Wildman–Crippen MR) is 42.5 cm³/mol. The van der Waals surface area contributed by atoms with E-state index in [4.69, 9.17) is 0 Å². The standard InChI is InChI=1S/C3H3NO2S.C3H3NO/c5-2-1-7-3(6)4-2;1-2-5-3-4-1/h1H2,(H,4,5,6);1-3H. The maximum absolute atomic E-state index is 10.1. The number of thioether (sulfide) groups is 1. The van der Waals surface area contributed by atoms with Crippen molar-refractivity contribution < 1.29 is 14.0 Å². The van der Waals surface area contributed by atoms with Gasteiger partial charge in [-0.15, -0.1) is 0 Å². The van der Waals surface area contributed by atoms with E-state index in [1.165, 1.54) is 12.7 Å². The molecule has 5 nitrogen and oxygen atoms in total. The average Bonchev–Trinajstić information content (AvgIpc) is 2.63. The van der Waals surface area contributed by atoms with E-state index >= 15 is 0 Å². The fourth-order valence-electron chi connectivity index (χ4n) is 0.493. The maximum atomic E-state index is 10.1. The van der Waals surface area contributed by atoms with Crippen molar-refractivity contribution in [1.29, 1.82) is 0 Å². The molecule has 0 atom stereocenters. The Morgan fingerprint density at radius 2 is 2.42 bits per heavy atom. The summed E-state index contributed by atoms with van der Waals surface area (Å²) in [6.45, 7) is 0. The van der Waals surface area contributed by atoms with Gasteiger partial charge in [-0.2, -0.15) is 0 Å². The number of hydrogen-bond acceptors (Lipinski definition) is 5. The van der Waals surface area contributed by atoms with Gasteiger partial charge >= 0.3 is 0 Å². The molecule has 6 heteroatoms. The fourth-order valence-corrected chi connectivity index (χ4v) is 1.01. The minimum atomic E-state index is -0.231. The SMILES string of the molecule is O=C1CSC(=O)N1.c1cocn1. The van der Waals surface area contributed by atoms with Crippen LogP contribution in [-0.4, -0.2) is 21.9 Å². The van der Waals surface area contributed by atoms with Crippen LogP contribution < -0.4 is 5.32 Å². The molecule has 1 saturated heterocycles. The second-order valence-corrected chi connectivity index (χ2v) is 2.75. The van der Waals surface area contributed by atoms with Gasteiger partial charge in [0.05, 0.1) is 11.9 Å². The van der Waals surface area contributed by atoms with E-state index in [0.29, 0.717) is 5.75 Å². The van der Waals surface area contributed by atoms with Gasteiger partial charge in [-0.05, 0) is 0 Å². The number of aromatic nitrogens is 1. The summed E-state index contributed by atoms with van der Waals surface area (Å²) < 4.78 is 4.47. The zero-order valence-electron chi connectivity index (χ0n) is 6.02. The van der Waals surface area contributed by atoms with E-state index in [-0.39, 0.29) is 11.1 Å². The molecule has 64 valence electrons. The quantitative estimate of drug-likeness (QED) is 0.643. The summed E-state index contributed by atoms with van der Waals surface area (Å²) in [5.74, 6) is 0.105. The minimum absolute atomic E-state index is 0.185. The third kappa shape index (κ3) is 3.20. The van der Waals surface area contributed by atoms with Crippen molar-refractivity contribution in [1.82, 2.24) is 10.3 Å². The number of amides is 2. The number of oxazole rings is 1. The van der Waals surface area contributed by atoms with Gasteiger partial charge in [0.25, 0.3) is 5.24 Å². The molecule has 0 aliphatic carbocycles. The van der Waals surface area contributed by atoms with E-state index in [9.17, 15) is 9.59 Å². The molecule has 0 bridgehead atoms. The van der Waals surface area contributed by atoms with Crippen LogP contribution in [0.15, 0.2) is 23.3 Å². The number of hydrogen-bond donors (Lipinski definition) is 1. The molecule has 2 rings (SSSR count). The van der Waals surface area contributed by atoms with Gasteiger partial charge in [-0.3, -0.25) is 14.9 Å². The highest BCUT2D eigenvalue weighted by Gasteiger charge is 2.16. The summed E-state index contributed by atoms with van der Waals surface area (Å²) in [7, 11) is 0. The molecule has 0 unspecified atom stereocenters. The second kappa shape index (κ2) is 4.55. The molecule has 12 heavy (non-hydrogen) atoms. The number of carbonyl (C=O) groups excluding carboxylic acids is 2. The van der Waals surface area contributed by atoms with Gasteiger partial charge in [0.1, 0.15) is 6.26 Å². The largest absolute Gasteiger partial charge is 0.452 e. The Morgan fingerprint density at radius 1 is 1.58 bits per heavy atom. The molecule has 1 aromatic rings. The summed E-state index contributed by atoms with van der Waals surface area (Å²) in [4.78, 5) is 23.7. The van der Waals surface area contributed by atoms with E-state index < -0.39 is 0 Å². The molecular weight excluding hydrogens is 180 g/mol. The Bertz CT molecular complexity index is 229. The van der Waals surface area contributed by atoms with Crippen molar-refractivity contribution in [3.8, 4) is 0 Å². The van der Waals surface area contributed by atoms with Crippen LogP contribution in [0.25, 0.3) is 0 Å². The van der Waals surface area contributed by atoms with E-state index in [2.05, 4.69) is 14.7 Å². The molecule has 1 aliphatic rings. The summed E-state index contributed by atoms with van der Waals surface area (Å²) >= 11 is 1.01. The fraction of sp³-hybridized carbons (Fsp3) is 0.167. The number of imide groups is 1. The molecule has 1 aliphatic heterocycles. The highest BCUT2D eigenvalue weighted by atomic mass is 32.2. The van der Waals surface area contributed by atoms with Crippen LogP contribution in [0.4, 0.5) is 4.79 Å². The molecular formula is C6H6N2O3S. The molecule has 0 spiro atoms. The maximum Gasteiger partial charge on any atom is 0.286 e. The lowest BCUT2D eigenvalue weighted by molar-refractivity contribution is -0.117. The second-order valence-electron chi connectivity index (χ2n) is 1.80. The van der Waals surface area contributed by atoms with E-state index in [0.717, 1.165) is 11.8 Å². The first kappa shape index (κ1) is 8.79. The first-order valence-electron chi connectivity index (χ1n) is 3.08. The normalized spacial score (nSPS) is 15.0. The van der Waals surface area contributed by atoms with Crippen molar-refractivity contribution in [2.75, 3.05) is 5.75 Å². The lowest BCUT2D eigenvalue weighted by Gasteiger charge is -1.77. The smallest absolute Gasteiger partial charge is 0.286 e. The predicted octanol–water partition coefficient (Wildman–Crippen LogP) is 0.644. The highest BCUT2D eigenvalue weighted by Crippen LogP contribution is 2.06. The van der Waals surface area contributed by atoms with Gasteiger partial charge in [0, 0.05) is 0 Å². The third-order valence-corrected chi connectivity index (χ3v) is 1.69. The van der Waals surface area contributed by atoms with E-state index in [1.54, 1.807) is 6.20 Å². The number of nitrogens with zero attached hydrogens (tertiary/aromatic N) is 1. The minimum Gasteiger partial charge on any atom is -0.452 e. The molecule has 1 N–H and O–H groups in total. The summed E-state index contributed by atoms with van der Waals surface area (Å²) in [6.07, 6.45) is 4.47. The average molecular weight is 186 g/mol. The number of rotatable bonds is 0. The van der Waals surface area contributed by atoms with Crippen molar-refractivity contribution in [2.24, 2.45) is 0 Å². The zero-order chi connectivity index (χ0) is 8.81. The summed E-state index contributed by atoms with van der Waals surface area (Å²) in [5, 5.41) is 1.87. The Morgan fingerprint density at radius 3 is 2.58 bits per heavy atom. The molecule has 1 aromatic heterocycles. The van der Waals surface area contributed by atoms with Gasteiger partial charge in [-0.25, -0.2) is 4.98 Å². The van der Waals surface area contributed by atoms with Crippen LogP contribution in [0.3, 0.4) is 0 Å². The van der Waals surface area contributed by atoms with Crippen molar-refractivity contribution in [3.63, 3.8) is 0 Å². The topological polar surface area (TPSA) is 72.2 Å². The first-order chi connectivity index (χ1) is 5.79. The molecule has 1 fully saturated rings. The molecule has 2 heterocycles. The molecule has 2 amide bonds.